The van der Waals surface area contributed by atoms with Crippen molar-refractivity contribution in [3.8, 4) is 0 Å². The van der Waals surface area contributed by atoms with Gasteiger partial charge in [-0.05, 0) is 12.1 Å². The quantitative estimate of drug-likeness (QED) is 0.380. The molecule has 4 N–H and O–H groups in total. The fraction of sp³-hybridized carbons (Fsp3) is 0. The van der Waals surface area contributed by atoms with Gasteiger partial charge in [-0.2, -0.15) is 0 Å². The first-order chi connectivity index (χ1) is 6.27. The van der Waals surface area contributed by atoms with Crippen molar-refractivity contribution in [3.63, 3.8) is 0 Å². The maximum absolute atomic E-state index is 10.6. The smallest absolute Gasteiger partial charge is 0.429 e. The van der Waals surface area contributed by atoms with E-state index in [1.807, 2.05) is 0 Å². The van der Waals surface area contributed by atoms with Gasteiger partial charge in [-0.15, -0.1) is 0 Å². The third-order valence-electron chi connectivity index (χ3n) is 1.29. The van der Waals surface area contributed by atoms with E-state index < -0.39 is 0 Å². The molecule has 0 unspecified atom stereocenters. The zero-order valence-electron chi connectivity index (χ0n) is 6.56. The lowest BCUT2D eigenvalue weighted by Gasteiger charge is -1.81. The van der Waals surface area contributed by atoms with E-state index in [1.165, 1.54) is 0 Å². The molecule has 2 aromatic heterocycles. The molecule has 0 fully saturated rings. The van der Waals surface area contributed by atoms with Crippen LogP contribution in [0, 0.1) is 0 Å². The first-order valence-electron chi connectivity index (χ1n) is 3.41. The summed E-state index contributed by atoms with van der Waals surface area (Å²) >= 11 is 0. The normalized spacial score (nSPS) is 9.08. The third-order valence-corrected chi connectivity index (χ3v) is 1.29. The van der Waals surface area contributed by atoms with E-state index >= 15 is 0 Å². The Morgan fingerprint density at radius 3 is 2.69 bits per heavy atom. The fourth-order valence-electron chi connectivity index (χ4n) is 0.867. The SMILES string of the molecule is O=c1[nH]c2cccnc2[nH]1.O[B]O. The third kappa shape index (κ3) is 2.43. The largest absolute Gasteiger partial charge is 0.482 e. The van der Waals surface area contributed by atoms with E-state index in [-0.39, 0.29) is 13.4 Å². The maximum atomic E-state index is 10.6. The molecule has 0 aliphatic carbocycles. The summed E-state index contributed by atoms with van der Waals surface area (Å²) in [6.45, 7) is 0. The van der Waals surface area contributed by atoms with Crippen LogP contribution in [0.3, 0.4) is 0 Å². The van der Waals surface area contributed by atoms with Crippen LogP contribution in [-0.4, -0.2) is 32.7 Å². The average Bonchev–Trinajstić information content (AvgIpc) is 2.45. The minimum absolute atomic E-state index is 0. The van der Waals surface area contributed by atoms with Crippen molar-refractivity contribution in [2.24, 2.45) is 0 Å². The second kappa shape index (κ2) is 4.44. The number of aromatic nitrogens is 3. The van der Waals surface area contributed by atoms with E-state index in [0.717, 1.165) is 5.52 Å². The number of hydrogen-bond donors (Lipinski definition) is 4. The van der Waals surface area contributed by atoms with Gasteiger partial charge in [0, 0.05) is 6.20 Å². The predicted octanol–water partition coefficient (Wildman–Crippen LogP) is -1.24. The number of aromatic amines is 2. The van der Waals surface area contributed by atoms with Crippen molar-refractivity contribution in [2.45, 2.75) is 0 Å². The van der Waals surface area contributed by atoms with E-state index in [1.54, 1.807) is 18.3 Å². The van der Waals surface area contributed by atoms with Gasteiger partial charge in [0.2, 0.25) is 0 Å². The molecule has 0 aliphatic rings. The first kappa shape index (κ1) is 9.49. The van der Waals surface area contributed by atoms with Crippen LogP contribution < -0.4 is 5.69 Å². The van der Waals surface area contributed by atoms with Crippen molar-refractivity contribution in [2.75, 3.05) is 0 Å². The molecule has 2 heterocycles. The number of nitrogens with zero attached hydrogens (tertiary/aromatic N) is 1. The van der Waals surface area contributed by atoms with Crippen LogP contribution in [0.2, 0.25) is 0 Å². The highest BCUT2D eigenvalue weighted by atomic mass is 16.4. The van der Waals surface area contributed by atoms with Crippen LogP contribution in [0.1, 0.15) is 0 Å². The maximum Gasteiger partial charge on any atom is 0.482 e. The molecule has 0 saturated heterocycles. The number of hydrogen-bond acceptors (Lipinski definition) is 4. The highest BCUT2D eigenvalue weighted by Crippen LogP contribution is 1.98. The molecule has 2 rings (SSSR count). The zero-order chi connectivity index (χ0) is 9.68. The summed E-state index contributed by atoms with van der Waals surface area (Å²) < 4.78 is 0. The van der Waals surface area contributed by atoms with Crippen LogP contribution >= 0.6 is 0 Å². The van der Waals surface area contributed by atoms with Crippen LogP contribution in [0.4, 0.5) is 0 Å². The molecular weight excluding hydrogens is 173 g/mol. The lowest BCUT2D eigenvalue weighted by molar-refractivity contribution is 0.448. The Bertz CT molecular complexity index is 388. The molecule has 0 aliphatic heterocycles. The minimum Gasteiger partial charge on any atom is -0.429 e. The lowest BCUT2D eigenvalue weighted by Crippen LogP contribution is -1.99. The Morgan fingerprint density at radius 1 is 1.38 bits per heavy atom. The van der Waals surface area contributed by atoms with E-state index in [2.05, 4.69) is 15.0 Å². The Labute approximate surface area is 73.6 Å². The van der Waals surface area contributed by atoms with Gasteiger partial charge >= 0.3 is 13.4 Å². The highest BCUT2D eigenvalue weighted by molar-refractivity contribution is 6.13. The molecule has 67 valence electrons. The second-order valence-corrected chi connectivity index (χ2v) is 2.09. The monoisotopic (exact) mass is 180 g/mol. The van der Waals surface area contributed by atoms with Gasteiger partial charge in [0.25, 0.3) is 0 Å². The summed E-state index contributed by atoms with van der Waals surface area (Å²) in [6, 6.07) is 3.56. The number of nitrogens with one attached hydrogen (secondary N) is 2. The van der Waals surface area contributed by atoms with E-state index in [0.29, 0.717) is 5.65 Å². The van der Waals surface area contributed by atoms with Gasteiger partial charge in [0.15, 0.2) is 5.65 Å². The average molecular weight is 180 g/mol. The Kier molecular flexibility index (Phi) is 3.24. The summed E-state index contributed by atoms with van der Waals surface area (Å²) in [5.74, 6) is 0. The van der Waals surface area contributed by atoms with Crippen LogP contribution in [-0.2, 0) is 0 Å². The molecule has 0 saturated carbocycles. The van der Waals surface area contributed by atoms with Crippen molar-refractivity contribution >= 4 is 18.8 Å². The van der Waals surface area contributed by atoms with Gasteiger partial charge in [-0.25, -0.2) is 9.78 Å². The summed E-state index contributed by atoms with van der Waals surface area (Å²) in [6.07, 6.45) is 1.63. The molecule has 0 bridgehead atoms. The molecule has 6 nitrogen and oxygen atoms in total. The number of H-pyrrole nitrogens is 2. The molecule has 2 aromatic rings. The zero-order valence-corrected chi connectivity index (χ0v) is 6.56. The molecular formula is C6H7BN3O3. The van der Waals surface area contributed by atoms with E-state index in [9.17, 15) is 4.79 Å². The van der Waals surface area contributed by atoms with Gasteiger partial charge in [-0.3, -0.25) is 4.98 Å². The van der Waals surface area contributed by atoms with Crippen LogP contribution in [0.15, 0.2) is 23.1 Å². The Hall–Kier alpha value is -1.60. The molecule has 0 atom stereocenters. The molecule has 13 heavy (non-hydrogen) atoms. The van der Waals surface area contributed by atoms with Gasteiger partial charge in [0.1, 0.15) is 0 Å². The number of imidazole rings is 1. The summed E-state index contributed by atoms with van der Waals surface area (Å²) in [5, 5.41) is 14.0. The van der Waals surface area contributed by atoms with E-state index in [4.69, 9.17) is 10.0 Å². The molecule has 0 spiro atoms. The fourth-order valence-corrected chi connectivity index (χ4v) is 0.867. The van der Waals surface area contributed by atoms with Crippen molar-refractivity contribution in [1.29, 1.82) is 0 Å². The van der Waals surface area contributed by atoms with Crippen molar-refractivity contribution < 1.29 is 10.0 Å². The Morgan fingerprint density at radius 2 is 2.08 bits per heavy atom. The summed E-state index contributed by atoms with van der Waals surface area (Å²) in [5.41, 5.74) is 1.13. The summed E-state index contributed by atoms with van der Waals surface area (Å²) in [7, 11) is 0. The number of rotatable bonds is 0. The minimum atomic E-state index is -0.214. The second-order valence-electron chi connectivity index (χ2n) is 2.09. The highest BCUT2D eigenvalue weighted by Gasteiger charge is 1.93. The van der Waals surface area contributed by atoms with Crippen LogP contribution in [0.5, 0.6) is 0 Å². The standard InChI is InChI=1S/C6H5N3O.BH2O2/c10-6-8-4-2-1-3-7-5(4)9-6;2-1-3/h1-3H,(H2,7,8,9,10);2-3H. The molecule has 1 radical (unpaired) electrons. The van der Waals surface area contributed by atoms with Gasteiger partial charge in [0.05, 0.1) is 5.52 Å². The topological polar surface area (TPSA) is 102 Å². The van der Waals surface area contributed by atoms with Crippen LogP contribution in [0.25, 0.3) is 11.2 Å². The summed E-state index contributed by atoms with van der Waals surface area (Å²) in [4.78, 5) is 19.7. The van der Waals surface area contributed by atoms with Gasteiger partial charge < -0.3 is 15.0 Å². The Balaban J connectivity index is 0.000000251. The molecule has 0 aromatic carbocycles. The van der Waals surface area contributed by atoms with Crippen molar-refractivity contribution in [1.82, 2.24) is 15.0 Å². The molecule has 0 amide bonds. The lowest BCUT2D eigenvalue weighted by atomic mass is 10.4. The number of fused-ring (bicyclic) bond motifs is 1. The predicted molar refractivity (Wildman–Crippen MR) is 46.9 cm³/mol. The van der Waals surface area contributed by atoms with Gasteiger partial charge in [-0.1, -0.05) is 0 Å². The number of pyridine rings is 1. The first-order valence-corrected chi connectivity index (χ1v) is 3.41. The molecule has 7 heteroatoms. The van der Waals surface area contributed by atoms with Crippen molar-refractivity contribution in [3.05, 3.63) is 28.8 Å².